The van der Waals surface area contributed by atoms with Gasteiger partial charge in [-0.05, 0) is 37.5 Å². The maximum Gasteiger partial charge on any atom is 0.221 e. The number of nitrogens with one attached hydrogen (secondary N) is 1. The molecule has 1 aromatic carbocycles. The number of thioether (sulfide) groups is 1. The van der Waals surface area contributed by atoms with Crippen molar-refractivity contribution in [2.75, 3.05) is 11.1 Å². The zero-order valence-corrected chi connectivity index (χ0v) is 15.4. The Labute approximate surface area is 152 Å². The molecule has 25 heavy (non-hydrogen) atoms. The lowest BCUT2D eigenvalue weighted by atomic mass is 10.1. The van der Waals surface area contributed by atoms with Gasteiger partial charge in [0.05, 0.1) is 5.75 Å². The summed E-state index contributed by atoms with van der Waals surface area (Å²) >= 11 is 1.52. The SMILES string of the molecule is CCn1c(C2CC2)cnc1SCC(=O)Cc1ccc(NC(C)=O)cc1. The van der Waals surface area contributed by atoms with Gasteiger partial charge in [0.1, 0.15) is 5.78 Å². The van der Waals surface area contributed by atoms with Crippen LogP contribution in [0.15, 0.2) is 35.6 Å². The highest BCUT2D eigenvalue weighted by Gasteiger charge is 2.28. The molecular weight excluding hydrogens is 334 g/mol. The molecule has 0 aliphatic heterocycles. The maximum absolute atomic E-state index is 12.3. The van der Waals surface area contributed by atoms with Gasteiger partial charge in [0.2, 0.25) is 5.91 Å². The number of carbonyl (C=O) groups excluding carboxylic acids is 2. The summed E-state index contributed by atoms with van der Waals surface area (Å²) in [6.45, 7) is 4.49. The van der Waals surface area contributed by atoms with E-state index in [0.717, 1.165) is 23.0 Å². The number of ketones is 1. The molecule has 1 N–H and O–H groups in total. The summed E-state index contributed by atoms with van der Waals surface area (Å²) in [6.07, 6.45) is 4.87. The number of anilines is 1. The van der Waals surface area contributed by atoms with Crippen molar-refractivity contribution in [2.24, 2.45) is 0 Å². The van der Waals surface area contributed by atoms with E-state index in [1.54, 1.807) is 0 Å². The fourth-order valence-electron chi connectivity index (χ4n) is 2.84. The van der Waals surface area contributed by atoms with Crippen LogP contribution >= 0.6 is 11.8 Å². The molecule has 1 aromatic heterocycles. The second kappa shape index (κ2) is 7.87. The summed E-state index contributed by atoms with van der Waals surface area (Å²) in [4.78, 5) is 27.8. The first-order valence-electron chi connectivity index (χ1n) is 8.63. The molecule has 0 bridgehead atoms. The summed E-state index contributed by atoms with van der Waals surface area (Å²) in [5, 5.41) is 3.67. The number of benzene rings is 1. The van der Waals surface area contributed by atoms with Gasteiger partial charge in [0.15, 0.2) is 5.16 Å². The van der Waals surface area contributed by atoms with Crippen LogP contribution < -0.4 is 5.32 Å². The van der Waals surface area contributed by atoms with Gasteiger partial charge in [0, 0.05) is 43.4 Å². The molecule has 0 atom stereocenters. The molecule has 6 heteroatoms. The highest BCUT2D eigenvalue weighted by Crippen LogP contribution is 2.41. The molecule has 0 unspecified atom stereocenters. The third-order valence-corrected chi connectivity index (χ3v) is 5.25. The van der Waals surface area contributed by atoms with E-state index < -0.39 is 0 Å². The Bertz CT molecular complexity index is 763. The molecule has 2 aromatic rings. The molecule has 3 rings (SSSR count). The predicted octanol–water partition coefficient (Wildman–Crippen LogP) is 3.64. The van der Waals surface area contributed by atoms with E-state index >= 15 is 0 Å². The van der Waals surface area contributed by atoms with Gasteiger partial charge < -0.3 is 9.88 Å². The third-order valence-electron chi connectivity index (χ3n) is 4.20. The van der Waals surface area contributed by atoms with Crippen LogP contribution in [-0.4, -0.2) is 27.0 Å². The smallest absolute Gasteiger partial charge is 0.221 e. The van der Waals surface area contributed by atoms with Crippen molar-refractivity contribution in [3.63, 3.8) is 0 Å². The molecule has 132 valence electrons. The van der Waals surface area contributed by atoms with Crippen molar-refractivity contribution in [3.8, 4) is 0 Å². The van der Waals surface area contributed by atoms with E-state index in [9.17, 15) is 9.59 Å². The Hall–Kier alpha value is -2.08. The van der Waals surface area contributed by atoms with E-state index in [2.05, 4.69) is 21.8 Å². The Balaban J connectivity index is 1.53. The average Bonchev–Trinajstić information content (AvgIpc) is 3.34. The Morgan fingerprint density at radius 1 is 1.28 bits per heavy atom. The standard InChI is InChI=1S/C19H23N3O2S/c1-3-22-18(15-6-7-15)11-20-19(22)25-12-17(24)10-14-4-8-16(9-5-14)21-13(2)23/h4-5,8-9,11,15H,3,6-7,10,12H2,1-2H3,(H,21,23). The molecule has 1 aliphatic rings. The van der Waals surface area contributed by atoms with E-state index in [4.69, 9.17) is 0 Å². The van der Waals surface area contributed by atoms with Crippen LogP contribution in [0.4, 0.5) is 5.69 Å². The lowest BCUT2D eigenvalue weighted by Gasteiger charge is -2.08. The number of Topliss-reactive ketones (excluding diaryl/α,β-unsaturated/α-hetero) is 1. The number of imidazole rings is 1. The van der Waals surface area contributed by atoms with Gasteiger partial charge in [-0.15, -0.1) is 0 Å². The first kappa shape index (κ1) is 17.7. The van der Waals surface area contributed by atoms with E-state index in [0.29, 0.717) is 18.1 Å². The van der Waals surface area contributed by atoms with Crippen molar-refractivity contribution in [2.45, 2.75) is 50.7 Å². The number of hydrogen-bond donors (Lipinski definition) is 1. The topological polar surface area (TPSA) is 64.0 Å². The van der Waals surface area contributed by atoms with Crippen molar-refractivity contribution in [1.82, 2.24) is 9.55 Å². The first-order chi connectivity index (χ1) is 12.1. The highest BCUT2D eigenvalue weighted by molar-refractivity contribution is 7.99. The maximum atomic E-state index is 12.3. The Morgan fingerprint density at radius 3 is 2.60 bits per heavy atom. The first-order valence-corrected chi connectivity index (χ1v) is 9.61. The third kappa shape index (κ3) is 4.72. The van der Waals surface area contributed by atoms with Gasteiger partial charge in [-0.3, -0.25) is 9.59 Å². The summed E-state index contributed by atoms with van der Waals surface area (Å²) in [5.41, 5.74) is 3.01. The van der Waals surface area contributed by atoms with Gasteiger partial charge in [-0.1, -0.05) is 23.9 Å². The van der Waals surface area contributed by atoms with Crippen LogP contribution in [0.25, 0.3) is 0 Å². The Morgan fingerprint density at radius 2 is 2.00 bits per heavy atom. The van der Waals surface area contributed by atoms with Crippen LogP contribution in [-0.2, 0) is 22.6 Å². The van der Waals surface area contributed by atoms with Gasteiger partial charge in [-0.2, -0.15) is 0 Å². The lowest BCUT2D eigenvalue weighted by molar-refractivity contribution is -0.116. The molecule has 5 nitrogen and oxygen atoms in total. The lowest BCUT2D eigenvalue weighted by Crippen LogP contribution is -2.08. The second-order valence-corrected chi connectivity index (χ2v) is 7.31. The molecule has 0 saturated heterocycles. The Kier molecular flexibility index (Phi) is 5.58. The van der Waals surface area contributed by atoms with Crippen LogP contribution in [0, 0.1) is 0 Å². The predicted molar refractivity (Wildman–Crippen MR) is 100 cm³/mol. The van der Waals surface area contributed by atoms with Gasteiger partial charge in [-0.25, -0.2) is 4.98 Å². The summed E-state index contributed by atoms with van der Waals surface area (Å²) in [6, 6.07) is 7.41. The van der Waals surface area contributed by atoms with Crippen molar-refractivity contribution in [3.05, 3.63) is 41.7 Å². The number of hydrogen-bond acceptors (Lipinski definition) is 4. The number of nitrogens with zero attached hydrogens (tertiary/aromatic N) is 2. The highest BCUT2D eigenvalue weighted by atomic mass is 32.2. The molecule has 0 spiro atoms. The minimum atomic E-state index is -0.0998. The minimum absolute atomic E-state index is 0.0998. The minimum Gasteiger partial charge on any atom is -0.326 e. The normalized spacial score (nSPS) is 13.7. The second-order valence-electron chi connectivity index (χ2n) is 6.37. The van der Waals surface area contributed by atoms with Gasteiger partial charge >= 0.3 is 0 Å². The fourth-order valence-corrected chi connectivity index (χ4v) is 3.75. The summed E-state index contributed by atoms with van der Waals surface area (Å²) in [7, 11) is 0. The molecule has 1 saturated carbocycles. The van der Waals surface area contributed by atoms with Gasteiger partial charge in [0.25, 0.3) is 0 Å². The summed E-state index contributed by atoms with van der Waals surface area (Å²) < 4.78 is 2.23. The van der Waals surface area contributed by atoms with Crippen LogP contribution in [0.5, 0.6) is 0 Å². The average molecular weight is 357 g/mol. The number of aromatic nitrogens is 2. The monoisotopic (exact) mass is 357 g/mol. The molecule has 1 amide bonds. The fraction of sp³-hybridized carbons (Fsp3) is 0.421. The number of carbonyl (C=O) groups is 2. The molecule has 1 aliphatic carbocycles. The zero-order chi connectivity index (χ0) is 17.8. The van der Waals surface area contributed by atoms with Crippen LogP contribution in [0.1, 0.15) is 43.9 Å². The van der Waals surface area contributed by atoms with Crippen molar-refractivity contribution in [1.29, 1.82) is 0 Å². The number of amides is 1. The molecular formula is C19H23N3O2S. The summed E-state index contributed by atoms with van der Waals surface area (Å²) in [5.74, 6) is 1.17. The quantitative estimate of drug-likeness (QED) is 0.733. The molecule has 0 radical (unpaired) electrons. The molecule has 1 heterocycles. The van der Waals surface area contributed by atoms with E-state index in [-0.39, 0.29) is 11.7 Å². The van der Waals surface area contributed by atoms with E-state index in [1.165, 1.54) is 37.2 Å². The van der Waals surface area contributed by atoms with Crippen molar-refractivity contribution >= 4 is 29.1 Å². The van der Waals surface area contributed by atoms with E-state index in [1.807, 2.05) is 30.5 Å². The zero-order valence-electron chi connectivity index (χ0n) is 14.6. The molecule has 1 fully saturated rings. The largest absolute Gasteiger partial charge is 0.326 e. The number of rotatable bonds is 8. The van der Waals surface area contributed by atoms with Crippen LogP contribution in [0.2, 0.25) is 0 Å². The van der Waals surface area contributed by atoms with Crippen molar-refractivity contribution < 1.29 is 9.59 Å². The van der Waals surface area contributed by atoms with Crippen LogP contribution in [0.3, 0.4) is 0 Å².